The summed E-state index contributed by atoms with van der Waals surface area (Å²) in [5.41, 5.74) is 6.85. The Morgan fingerprint density at radius 2 is 2.25 bits per heavy atom. The highest BCUT2D eigenvalue weighted by atomic mass is 19.1. The van der Waals surface area contributed by atoms with Crippen LogP contribution in [0.15, 0.2) is 18.2 Å². The number of benzene rings is 1. The van der Waals surface area contributed by atoms with Crippen molar-refractivity contribution in [3.05, 3.63) is 29.6 Å². The first-order chi connectivity index (χ1) is 7.61. The first-order valence-electron chi connectivity index (χ1n) is 5.43. The van der Waals surface area contributed by atoms with E-state index in [0.29, 0.717) is 24.2 Å². The molecule has 3 nitrogen and oxygen atoms in total. The van der Waals surface area contributed by atoms with Crippen molar-refractivity contribution in [1.29, 1.82) is 0 Å². The van der Waals surface area contributed by atoms with Crippen molar-refractivity contribution in [1.82, 2.24) is 0 Å². The number of hydrogen-bond acceptors (Lipinski definition) is 2. The van der Waals surface area contributed by atoms with Gasteiger partial charge >= 0.3 is 0 Å². The molecule has 1 fully saturated rings. The molecule has 1 unspecified atom stereocenters. The molecule has 2 rings (SSSR count). The molecule has 1 saturated heterocycles. The Hall–Kier alpha value is -1.42. The monoisotopic (exact) mass is 222 g/mol. The normalized spacial score (nSPS) is 21.3. The second-order valence-electron chi connectivity index (χ2n) is 4.12. The summed E-state index contributed by atoms with van der Waals surface area (Å²) < 4.78 is 13.4. The average molecular weight is 222 g/mol. The lowest BCUT2D eigenvalue weighted by atomic mass is 10.0. The summed E-state index contributed by atoms with van der Waals surface area (Å²) in [5.74, 6) is -0.399. The number of rotatable bonds is 1. The molecule has 1 aliphatic rings. The number of piperidine rings is 1. The number of amides is 1. The fraction of sp³-hybridized carbons (Fsp3) is 0.417. The third kappa shape index (κ3) is 1.80. The Labute approximate surface area is 94.0 Å². The molecule has 86 valence electrons. The summed E-state index contributed by atoms with van der Waals surface area (Å²) in [7, 11) is 0. The minimum Gasteiger partial charge on any atom is -0.320 e. The van der Waals surface area contributed by atoms with E-state index in [1.807, 2.05) is 0 Å². The van der Waals surface area contributed by atoms with Gasteiger partial charge in [0.25, 0.3) is 0 Å². The molecular formula is C12H15FN2O. The van der Waals surface area contributed by atoms with Crippen molar-refractivity contribution >= 4 is 11.6 Å². The first-order valence-corrected chi connectivity index (χ1v) is 5.43. The van der Waals surface area contributed by atoms with E-state index in [4.69, 9.17) is 5.73 Å². The lowest BCUT2D eigenvalue weighted by Gasteiger charge is -2.31. The van der Waals surface area contributed by atoms with E-state index in [0.717, 1.165) is 6.42 Å². The van der Waals surface area contributed by atoms with E-state index in [9.17, 15) is 9.18 Å². The number of halogens is 1. The highest BCUT2D eigenvalue weighted by molar-refractivity contribution is 5.98. The molecule has 16 heavy (non-hydrogen) atoms. The number of hydrogen-bond donors (Lipinski definition) is 1. The van der Waals surface area contributed by atoms with Gasteiger partial charge in [0.1, 0.15) is 5.82 Å². The topological polar surface area (TPSA) is 46.3 Å². The summed E-state index contributed by atoms with van der Waals surface area (Å²) in [6.07, 6.45) is 1.58. The van der Waals surface area contributed by atoms with Crippen LogP contribution < -0.4 is 10.6 Å². The summed E-state index contributed by atoms with van der Waals surface area (Å²) in [6.45, 7) is 2.30. The van der Waals surface area contributed by atoms with Gasteiger partial charge in [0, 0.05) is 17.8 Å². The van der Waals surface area contributed by atoms with Crippen LogP contribution in [0.2, 0.25) is 0 Å². The molecule has 1 amide bonds. The number of nitrogens with two attached hydrogens (primary N) is 1. The number of carbonyl (C=O) groups is 1. The quantitative estimate of drug-likeness (QED) is 0.784. The van der Waals surface area contributed by atoms with Gasteiger partial charge < -0.3 is 10.6 Å². The zero-order valence-electron chi connectivity index (χ0n) is 9.24. The van der Waals surface area contributed by atoms with Crippen molar-refractivity contribution in [2.45, 2.75) is 25.8 Å². The van der Waals surface area contributed by atoms with Gasteiger partial charge in [-0.2, -0.15) is 0 Å². The standard InChI is InChI=1S/C12H15FN2O/c1-8-9(13)4-2-6-11(8)15-7-3-5-10(14)12(15)16/h2,4,6,10H,3,5,7,14H2,1H3. The van der Waals surface area contributed by atoms with Gasteiger partial charge in [-0.1, -0.05) is 6.07 Å². The molecule has 1 heterocycles. The van der Waals surface area contributed by atoms with E-state index in [1.54, 1.807) is 24.0 Å². The Morgan fingerprint density at radius 3 is 3.00 bits per heavy atom. The molecule has 1 atom stereocenters. The number of nitrogens with zero attached hydrogens (tertiary/aromatic N) is 1. The van der Waals surface area contributed by atoms with Crippen LogP contribution in [0, 0.1) is 12.7 Å². The molecule has 1 aliphatic heterocycles. The number of anilines is 1. The molecule has 1 aromatic carbocycles. The fourth-order valence-electron chi connectivity index (χ4n) is 2.03. The molecular weight excluding hydrogens is 207 g/mol. The highest BCUT2D eigenvalue weighted by Gasteiger charge is 2.27. The third-order valence-corrected chi connectivity index (χ3v) is 3.01. The van der Waals surface area contributed by atoms with Gasteiger partial charge in [0.15, 0.2) is 0 Å². The molecule has 0 saturated carbocycles. The van der Waals surface area contributed by atoms with E-state index in [1.165, 1.54) is 6.07 Å². The second-order valence-corrected chi connectivity index (χ2v) is 4.12. The summed E-state index contributed by atoms with van der Waals surface area (Å²) in [5, 5.41) is 0. The van der Waals surface area contributed by atoms with Gasteiger partial charge in [-0.3, -0.25) is 4.79 Å². The minimum atomic E-state index is -0.448. The van der Waals surface area contributed by atoms with E-state index in [2.05, 4.69) is 0 Å². The van der Waals surface area contributed by atoms with Crippen molar-refractivity contribution in [3.8, 4) is 0 Å². The third-order valence-electron chi connectivity index (χ3n) is 3.01. The summed E-state index contributed by atoms with van der Waals surface area (Å²) in [4.78, 5) is 13.5. The Balaban J connectivity index is 2.36. The van der Waals surface area contributed by atoms with Crippen LogP contribution >= 0.6 is 0 Å². The molecule has 0 bridgehead atoms. The maximum Gasteiger partial charge on any atom is 0.243 e. The zero-order chi connectivity index (χ0) is 11.7. The zero-order valence-corrected chi connectivity index (χ0v) is 9.24. The van der Waals surface area contributed by atoms with Crippen molar-refractivity contribution in [3.63, 3.8) is 0 Å². The van der Waals surface area contributed by atoms with Crippen LogP contribution in [0.4, 0.5) is 10.1 Å². The van der Waals surface area contributed by atoms with Crippen LogP contribution in [0.5, 0.6) is 0 Å². The molecule has 0 spiro atoms. The average Bonchev–Trinajstić information content (AvgIpc) is 2.27. The maximum atomic E-state index is 13.4. The lowest BCUT2D eigenvalue weighted by Crippen LogP contribution is -2.48. The first kappa shape index (κ1) is 11.1. The van der Waals surface area contributed by atoms with Gasteiger partial charge in [-0.15, -0.1) is 0 Å². The molecule has 2 N–H and O–H groups in total. The van der Waals surface area contributed by atoms with Crippen LogP contribution in [-0.2, 0) is 4.79 Å². The van der Waals surface area contributed by atoms with E-state index in [-0.39, 0.29) is 11.7 Å². The smallest absolute Gasteiger partial charge is 0.243 e. The predicted octanol–water partition coefficient (Wildman–Crippen LogP) is 1.59. The van der Waals surface area contributed by atoms with Gasteiger partial charge in [0.05, 0.1) is 6.04 Å². The maximum absolute atomic E-state index is 13.4. The SMILES string of the molecule is Cc1c(F)cccc1N1CCCC(N)C1=O. The molecule has 0 aromatic heterocycles. The summed E-state index contributed by atoms with van der Waals surface area (Å²) in [6, 6.07) is 4.32. The Kier molecular flexibility index (Phi) is 2.92. The molecule has 0 aliphatic carbocycles. The Morgan fingerprint density at radius 1 is 1.50 bits per heavy atom. The van der Waals surface area contributed by atoms with Gasteiger partial charge in [-0.05, 0) is 31.9 Å². The highest BCUT2D eigenvalue weighted by Crippen LogP contribution is 2.25. The van der Waals surface area contributed by atoms with Crippen LogP contribution in [-0.4, -0.2) is 18.5 Å². The van der Waals surface area contributed by atoms with Gasteiger partial charge in [0.2, 0.25) is 5.91 Å². The minimum absolute atomic E-state index is 0.111. The lowest BCUT2D eigenvalue weighted by molar-refractivity contribution is -0.120. The largest absolute Gasteiger partial charge is 0.320 e. The van der Waals surface area contributed by atoms with Crippen molar-refractivity contribution in [2.75, 3.05) is 11.4 Å². The number of carbonyl (C=O) groups excluding carboxylic acids is 1. The van der Waals surface area contributed by atoms with Crippen molar-refractivity contribution < 1.29 is 9.18 Å². The van der Waals surface area contributed by atoms with Crippen LogP contribution in [0.25, 0.3) is 0 Å². The molecule has 1 aromatic rings. The fourth-order valence-corrected chi connectivity index (χ4v) is 2.03. The van der Waals surface area contributed by atoms with Crippen LogP contribution in [0.3, 0.4) is 0 Å². The van der Waals surface area contributed by atoms with E-state index < -0.39 is 6.04 Å². The predicted molar refractivity (Wildman–Crippen MR) is 60.7 cm³/mol. The van der Waals surface area contributed by atoms with Gasteiger partial charge in [-0.25, -0.2) is 4.39 Å². The van der Waals surface area contributed by atoms with E-state index >= 15 is 0 Å². The second kappa shape index (κ2) is 4.22. The molecule has 4 heteroatoms. The van der Waals surface area contributed by atoms with Crippen molar-refractivity contribution in [2.24, 2.45) is 5.73 Å². The summed E-state index contributed by atoms with van der Waals surface area (Å²) >= 11 is 0. The van der Waals surface area contributed by atoms with Crippen LogP contribution in [0.1, 0.15) is 18.4 Å². The molecule has 0 radical (unpaired) electrons. The Bertz CT molecular complexity index is 419.